The average Bonchev–Trinajstić information content (AvgIpc) is 2.99. The Morgan fingerprint density at radius 3 is 2.33 bits per heavy atom. The van der Waals surface area contributed by atoms with Crippen molar-refractivity contribution < 1.29 is 4.52 Å². The third kappa shape index (κ3) is 2.83. The first kappa shape index (κ1) is 14.2. The van der Waals surface area contributed by atoms with E-state index >= 15 is 0 Å². The third-order valence-electron chi connectivity index (χ3n) is 3.21. The molecule has 0 unspecified atom stereocenters. The van der Waals surface area contributed by atoms with Gasteiger partial charge >= 0.3 is 0 Å². The van der Waals surface area contributed by atoms with E-state index in [1.54, 1.807) is 0 Å². The van der Waals surface area contributed by atoms with Crippen molar-refractivity contribution in [3.05, 3.63) is 60.4 Å². The molecule has 21 heavy (non-hydrogen) atoms. The number of benzene rings is 2. The molecule has 0 fully saturated rings. The van der Waals surface area contributed by atoms with Crippen LogP contribution in [-0.2, 0) is 5.88 Å². The lowest BCUT2D eigenvalue weighted by Gasteiger charge is -2.04. The molecule has 2 aromatic carbocycles. The van der Waals surface area contributed by atoms with E-state index in [0.717, 1.165) is 27.3 Å². The van der Waals surface area contributed by atoms with Crippen LogP contribution in [0.2, 0.25) is 0 Å². The van der Waals surface area contributed by atoms with Gasteiger partial charge < -0.3 is 4.52 Å². The third-order valence-corrected chi connectivity index (χ3v) is 4.00. The molecule has 1 heterocycles. The van der Waals surface area contributed by atoms with Gasteiger partial charge in [0.05, 0.1) is 11.4 Å². The minimum Gasteiger partial charge on any atom is -0.359 e. The van der Waals surface area contributed by atoms with Gasteiger partial charge in [-0.25, -0.2) is 0 Å². The number of halogens is 1. The second kappa shape index (κ2) is 6.35. The molecule has 0 aliphatic carbocycles. The number of nitrogens with two attached hydrogens (primary N) is 1. The fourth-order valence-electron chi connectivity index (χ4n) is 2.21. The van der Waals surface area contributed by atoms with E-state index in [0.29, 0.717) is 5.76 Å². The van der Waals surface area contributed by atoms with Crippen LogP contribution in [0.25, 0.3) is 22.4 Å². The molecule has 0 atom stereocenters. The normalized spacial score (nSPS) is 10.8. The number of nitrogens with zero attached hydrogens (tertiary/aromatic N) is 1. The number of rotatable bonds is 4. The summed E-state index contributed by atoms with van der Waals surface area (Å²) in [6.07, 6.45) is 0. The highest BCUT2D eigenvalue weighted by atomic mass is 35.5. The Labute approximate surface area is 132 Å². The van der Waals surface area contributed by atoms with Gasteiger partial charge in [0.2, 0.25) is 0 Å². The maximum Gasteiger partial charge on any atom is 0.159 e. The standard InChI is InChI=1S/C16H13ClN2OS/c17-10-14-15(11-6-8-13(21-18)9-7-11)16(19-20-14)12-4-2-1-3-5-12/h1-9H,10,18H2. The van der Waals surface area contributed by atoms with Crippen LogP contribution in [0.4, 0.5) is 0 Å². The summed E-state index contributed by atoms with van der Waals surface area (Å²) >= 11 is 7.20. The van der Waals surface area contributed by atoms with E-state index in [2.05, 4.69) is 5.16 Å². The second-order valence-corrected chi connectivity index (χ2v) is 5.45. The highest BCUT2D eigenvalue weighted by molar-refractivity contribution is 7.97. The van der Waals surface area contributed by atoms with E-state index in [1.165, 1.54) is 11.9 Å². The molecule has 2 N–H and O–H groups in total. The van der Waals surface area contributed by atoms with Crippen molar-refractivity contribution in [1.29, 1.82) is 0 Å². The summed E-state index contributed by atoms with van der Waals surface area (Å²) in [5, 5.41) is 9.75. The fraction of sp³-hybridized carbons (Fsp3) is 0.0625. The summed E-state index contributed by atoms with van der Waals surface area (Å²) in [5.74, 6) is 0.950. The minimum atomic E-state index is 0.280. The van der Waals surface area contributed by atoms with E-state index in [9.17, 15) is 0 Å². The Balaban J connectivity index is 2.13. The van der Waals surface area contributed by atoms with Crippen LogP contribution in [0.15, 0.2) is 64.0 Å². The molecule has 1 aromatic heterocycles. The summed E-state index contributed by atoms with van der Waals surface area (Å²) in [7, 11) is 0. The molecule has 3 aromatic rings. The summed E-state index contributed by atoms with van der Waals surface area (Å²) in [6, 6.07) is 17.9. The van der Waals surface area contributed by atoms with Crippen molar-refractivity contribution >= 4 is 23.5 Å². The molecular weight excluding hydrogens is 304 g/mol. The van der Waals surface area contributed by atoms with Gasteiger partial charge in [0.1, 0.15) is 5.69 Å². The summed E-state index contributed by atoms with van der Waals surface area (Å²) in [4.78, 5) is 1.00. The van der Waals surface area contributed by atoms with Gasteiger partial charge in [-0.15, -0.1) is 11.6 Å². The van der Waals surface area contributed by atoms with Gasteiger partial charge in [-0.2, -0.15) is 0 Å². The van der Waals surface area contributed by atoms with Crippen LogP contribution < -0.4 is 5.14 Å². The zero-order valence-electron chi connectivity index (χ0n) is 11.1. The quantitative estimate of drug-likeness (QED) is 0.559. The molecule has 0 saturated heterocycles. The number of hydrogen-bond donors (Lipinski definition) is 1. The Bertz CT molecular complexity index is 726. The lowest BCUT2D eigenvalue weighted by atomic mass is 9.99. The zero-order valence-corrected chi connectivity index (χ0v) is 12.7. The predicted molar refractivity (Wildman–Crippen MR) is 87.0 cm³/mol. The summed E-state index contributed by atoms with van der Waals surface area (Å²) in [6.45, 7) is 0. The van der Waals surface area contributed by atoms with Crippen molar-refractivity contribution in [2.75, 3.05) is 0 Å². The molecule has 106 valence electrons. The fourth-order valence-corrected chi connectivity index (χ4v) is 2.68. The molecule has 0 aliphatic heterocycles. The van der Waals surface area contributed by atoms with Gasteiger partial charge in [-0.3, -0.25) is 5.14 Å². The maximum absolute atomic E-state index is 5.98. The topological polar surface area (TPSA) is 52.0 Å². The van der Waals surface area contributed by atoms with Crippen LogP contribution in [0.3, 0.4) is 0 Å². The first-order valence-corrected chi connectivity index (χ1v) is 7.82. The Kier molecular flexibility index (Phi) is 4.29. The number of alkyl halides is 1. The van der Waals surface area contributed by atoms with Gasteiger partial charge in [0, 0.05) is 10.5 Å². The number of hydrogen-bond acceptors (Lipinski definition) is 4. The molecule has 0 saturated carbocycles. The molecule has 0 radical (unpaired) electrons. The monoisotopic (exact) mass is 316 g/mol. The van der Waals surface area contributed by atoms with E-state index in [4.69, 9.17) is 21.3 Å². The van der Waals surface area contributed by atoms with Crippen molar-refractivity contribution in [3.63, 3.8) is 0 Å². The molecule has 3 nitrogen and oxygen atoms in total. The lowest BCUT2D eigenvalue weighted by molar-refractivity contribution is 0.397. The molecule has 0 amide bonds. The van der Waals surface area contributed by atoms with Crippen LogP contribution in [0.5, 0.6) is 0 Å². The second-order valence-electron chi connectivity index (χ2n) is 4.47. The van der Waals surface area contributed by atoms with Crippen LogP contribution in [-0.4, -0.2) is 5.16 Å². The molecule has 0 bridgehead atoms. The highest BCUT2D eigenvalue weighted by Gasteiger charge is 2.18. The van der Waals surface area contributed by atoms with E-state index in [1.807, 2.05) is 54.6 Å². The minimum absolute atomic E-state index is 0.280. The Morgan fingerprint density at radius 1 is 1.00 bits per heavy atom. The molecule has 0 aliphatic rings. The van der Waals surface area contributed by atoms with Crippen molar-refractivity contribution in [2.24, 2.45) is 5.14 Å². The molecule has 5 heteroatoms. The lowest BCUT2D eigenvalue weighted by Crippen LogP contribution is -1.86. The van der Waals surface area contributed by atoms with E-state index in [-0.39, 0.29) is 5.88 Å². The zero-order chi connectivity index (χ0) is 14.7. The summed E-state index contributed by atoms with van der Waals surface area (Å²) in [5.41, 5.74) is 3.76. The van der Waals surface area contributed by atoms with Crippen LogP contribution >= 0.6 is 23.5 Å². The van der Waals surface area contributed by atoms with Crippen molar-refractivity contribution in [2.45, 2.75) is 10.8 Å². The van der Waals surface area contributed by atoms with Gasteiger partial charge in [-0.05, 0) is 29.6 Å². The van der Waals surface area contributed by atoms with Gasteiger partial charge in [0.25, 0.3) is 0 Å². The van der Waals surface area contributed by atoms with E-state index < -0.39 is 0 Å². The molecular formula is C16H13ClN2OS. The van der Waals surface area contributed by atoms with Crippen molar-refractivity contribution in [3.8, 4) is 22.4 Å². The maximum atomic E-state index is 5.98. The first-order chi connectivity index (χ1) is 10.3. The first-order valence-electron chi connectivity index (χ1n) is 6.40. The van der Waals surface area contributed by atoms with Crippen LogP contribution in [0.1, 0.15) is 5.76 Å². The SMILES string of the molecule is NSc1ccc(-c2c(-c3ccccc3)noc2CCl)cc1. The predicted octanol–water partition coefficient (Wildman–Crippen LogP) is 4.71. The smallest absolute Gasteiger partial charge is 0.159 e. The van der Waals surface area contributed by atoms with Gasteiger partial charge in [0.15, 0.2) is 5.76 Å². The highest BCUT2D eigenvalue weighted by Crippen LogP contribution is 2.35. The van der Waals surface area contributed by atoms with Crippen molar-refractivity contribution in [1.82, 2.24) is 5.16 Å². The van der Waals surface area contributed by atoms with Crippen LogP contribution in [0, 0.1) is 0 Å². The Hall–Kier alpha value is -1.75. The van der Waals surface area contributed by atoms with Gasteiger partial charge in [-0.1, -0.05) is 47.6 Å². The molecule has 3 rings (SSSR count). The number of aromatic nitrogens is 1. The molecule has 0 spiro atoms. The average molecular weight is 317 g/mol. The largest absolute Gasteiger partial charge is 0.359 e. The Morgan fingerprint density at radius 2 is 1.71 bits per heavy atom. The summed E-state index contributed by atoms with van der Waals surface area (Å²) < 4.78 is 5.40.